The quantitative estimate of drug-likeness (QED) is 0.714. The van der Waals surface area contributed by atoms with Crippen molar-refractivity contribution in [1.82, 2.24) is 10.2 Å². The van der Waals surface area contributed by atoms with E-state index in [1.165, 1.54) is 0 Å². The van der Waals surface area contributed by atoms with Gasteiger partial charge in [0.05, 0.1) is 11.5 Å². The highest BCUT2D eigenvalue weighted by molar-refractivity contribution is 7.91. The Morgan fingerprint density at radius 2 is 1.89 bits per heavy atom. The fourth-order valence-corrected chi connectivity index (χ4v) is 3.51. The van der Waals surface area contributed by atoms with Gasteiger partial charge in [-0.05, 0) is 27.2 Å². The third-order valence-electron chi connectivity index (χ3n) is 3.44. The van der Waals surface area contributed by atoms with Crippen molar-refractivity contribution in [3.8, 4) is 0 Å². The van der Waals surface area contributed by atoms with Crippen LogP contribution in [0.2, 0.25) is 0 Å². The van der Waals surface area contributed by atoms with Crippen molar-refractivity contribution >= 4 is 15.8 Å². The molecule has 0 spiro atoms. The van der Waals surface area contributed by atoms with Crippen LogP contribution in [0, 0.1) is 0 Å². The van der Waals surface area contributed by atoms with E-state index in [9.17, 15) is 18.3 Å². The second-order valence-electron chi connectivity index (χ2n) is 5.68. The molecule has 0 bridgehead atoms. The average Bonchev–Trinajstić information content (AvgIpc) is 2.26. The summed E-state index contributed by atoms with van der Waals surface area (Å²) in [6.07, 6.45) is 0.459. The Morgan fingerprint density at radius 1 is 1.37 bits per heavy atom. The summed E-state index contributed by atoms with van der Waals surface area (Å²) in [6, 6.07) is 0.0860. The Bertz CT molecular complexity index is 407. The fourth-order valence-electron chi connectivity index (χ4n) is 2.23. The standard InChI is InChI=1S/C12H24N2O4S/c1-10(2)13-12(3,11(15)16)4-5-14-6-8-19(17,18)9-7-14/h10,13H,4-9H2,1-3H3,(H,15,16). The first-order chi connectivity index (χ1) is 8.65. The molecule has 6 nitrogen and oxygen atoms in total. The fraction of sp³-hybridized carbons (Fsp3) is 0.917. The normalized spacial score (nSPS) is 23.2. The summed E-state index contributed by atoms with van der Waals surface area (Å²) in [5.74, 6) is -0.520. The monoisotopic (exact) mass is 292 g/mol. The second kappa shape index (κ2) is 6.19. The van der Waals surface area contributed by atoms with E-state index in [1.54, 1.807) is 6.92 Å². The highest BCUT2D eigenvalue weighted by Gasteiger charge is 2.34. The molecule has 1 saturated heterocycles. The zero-order valence-corrected chi connectivity index (χ0v) is 12.7. The van der Waals surface area contributed by atoms with E-state index < -0.39 is 21.3 Å². The van der Waals surface area contributed by atoms with Gasteiger partial charge in [-0.1, -0.05) is 0 Å². The molecule has 0 aliphatic carbocycles. The number of carboxylic acid groups (broad SMARTS) is 1. The van der Waals surface area contributed by atoms with E-state index in [4.69, 9.17) is 0 Å². The van der Waals surface area contributed by atoms with Crippen LogP contribution in [0.15, 0.2) is 0 Å². The average molecular weight is 292 g/mol. The van der Waals surface area contributed by atoms with Gasteiger partial charge in [-0.3, -0.25) is 10.1 Å². The predicted molar refractivity (Wildman–Crippen MR) is 74.0 cm³/mol. The smallest absolute Gasteiger partial charge is 0.323 e. The van der Waals surface area contributed by atoms with Crippen LogP contribution in [0.3, 0.4) is 0 Å². The third-order valence-corrected chi connectivity index (χ3v) is 5.05. The maximum absolute atomic E-state index is 11.4. The Kier molecular flexibility index (Phi) is 5.34. The van der Waals surface area contributed by atoms with Crippen molar-refractivity contribution in [3.63, 3.8) is 0 Å². The van der Waals surface area contributed by atoms with Gasteiger partial charge in [-0.2, -0.15) is 0 Å². The van der Waals surface area contributed by atoms with Crippen LogP contribution >= 0.6 is 0 Å². The van der Waals surface area contributed by atoms with Crippen molar-refractivity contribution in [2.75, 3.05) is 31.1 Å². The summed E-state index contributed by atoms with van der Waals surface area (Å²) in [5, 5.41) is 12.4. The minimum Gasteiger partial charge on any atom is -0.480 e. The van der Waals surface area contributed by atoms with Gasteiger partial charge in [0.1, 0.15) is 5.54 Å². The lowest BCUT2D eigenvalue weighted by molar-refractivity contribution is -0.145. The summed E-state index contributed by atoms with van der Waals surface area (Å²) < 4.78 is 22.6. The molecule has 1 aliphatic rings. The molecule has 7 heteroatoms. The lowest BCUT2D eigenvalue weighted by Crippen LogP contribution is -2.54. The second-order valence-corrected chi connectivity index (χ2v) is 7.98. The van der Waals surface area contributed by atoms with Crippen LogP contribution in [0.25, 0.3) is 0 Å². The van der Waals surface area contributed by atoms with Crippen molar-refractivity contribution < 1.29 is 18.3 Å². The van der Waals surface area contributed by atoms with Gasteiger partial charge in [-0.15, -0.1) is 0 Å². The molecule has 112 valence electrons. The first kappa shape index (κ1) is 16.4. The molecule has 0 aromatic rings. The minimum absolute atomic E-state index is 0.0860. The number of nitrogens with zero attached hydrogens (tertiary/aromatic N) is 1. The third kappa shape index (κ3) is 5.08. The predicted octanol–water partition coefficient (Wildman–Crippen LogP) is -0.0518. The molecule has 1 heterocycles. The molecule has 1 unspecified atom stereocenters. The van der Waals surface area contributed by atoms with Gasteiger partial charge in [0.25, 0.3) is 0 Å². The van der Waals surface area contributed by atoms with Gasteiger partial charge >= 0.3 is 5.97 Å². The molecule has 2 N–H and O–H groups in total. The zero-order valence-electron chi connectivity index (χ0n) is 11.8. The molecule has 19 heavy (non-hydrogen) atoms. The first-order valence-corrected chi connectivity index (χ1v) is 8.41. The number of sulfone groups is 1. The molecule has 0 saturated carbocycles. The Morgan fingerprint density at radius 3 is 2.32 bits per heavy atom. The topological polar surface area (TPSA) is 86.7 Å². The molecular weight excluding hydrogens is 268 g/mol. The molecule has 1 rings (SSSR count). The largest absolute Gasteiger partial charge is 0.480 e. The SMILES string of the molecule is CC(C)NC(C)(CCN1CCS(=O)(=O)CC1)C(=O)O. The summed E-state index contributed by atoms with van der Waals surface area (Å²) in [4.78, 5) is 13.4. The van der Waals surface area contributed by atoms with Gasteiger partial charge < -0.3 is 10.0 Å². The lowest BCUT2D eigenvalue weighted by atomic mass is 9.96. The molecule has 0 amide bonds. The van der Waals surface area contributed by atoms with Crippen molar-refractivity contribution in [2.24, 2.45) is 0 Å². The Balaban J connectivity index is 2.51. The number of aliphatic carboxylic acids is 1. The highest BCUT2D eigenvalue weighted by Crippen LogP contribution is 2.14. The number of carboxylic acids is 1. The highest BCUT2D eigenvalue weighted by atomic mass is 32.2. The van der Waals surface area contributed by atoms with Gasteiger partial charge in [0, 0.05) is 25.7 Å². The zero-order chi connectivity index (χ0) is 14.7. The Labute approximate surface area is 115 Å². The Hall–Kier alpha value is -0.660. The van der Waals surface area contributed by atoms with Crippen LogP contribution in [0.5, 0.6) is 0 Å². The van der Waals surface area contributed by atoms with Crippen LogP contribution < -0.4 is 5.32 Å². The molecule has 0 aromatic carbocycles. The van der Waals surface area contributed by atoms with Crippen molar-refractivity contribution in [3.05, 3.63) is 0 Å². The minimum atomic E-state index is -2.88. The van der Waals surface area contributed by atoms with E-state index in [-0.39, 0.29) is 17.5 Å². The van der Waals surface area contributed by atoms with Gasteiger partial charge in [-0.25, -0.2) is 8.42 Å². The molecule has 1 aliphatic heterocycles. The summed E-state index contributed by atoms with van der Waals surface area (Å²) >= 11 is 0. The number of rotatable bonds is 6. The number of carbonyl (C=O) groups is 1. The molecule has 1 fully saturated rings. The van der Waals surface area contributed by atoms with E-state index in [0.717, 1.165) is 0 Å². The number of nitrogens with one attached hydrogen (secondary N) is 1. The van der Waals surface area contributed by atoms with E-state index in [2.05, 4.69) is 5.32 Å². The van der Waals surface area contributed by atoms with Crippen molar-refractivity contribution in [1.29, 1.82) is 0 Å². The van der Waals surface area contributed by atoms with Gasteiger partial charge in [0.15, 0.2) is 9.84 Å². The molecular formula is C12H24N2O4S. The summed E-state index contributed by atoms with van der Waals surface area (Å²) in [5.41, 5.74) is -0.968. The maximum Gasteiger partial charge on any atom is 0.323 e. The number of hydrogen-bond acceptors (Lipinski definition) is 5. The van der Waals surface area contributed by atoms with Gasteiger partial charge in [0.2, 0.25) is 0 Å². The van der Waals surface area contributed by atoms with E-state index in [1.807, 2.05) is 18.7 Å². The van der Waals surface area contributed by atoms with Crippen LogP contribution in [0.4, 0.5) is 0 Å². The summed E-state index contributed by atoms with van der Waals surface area (Å²) in [7, 11) is -2.88. The molecule has 0 radical (unpaired) electrons. The molecule has 0 aromatic heterocycles. The van der Waals surface area contributed by atoms with Crippen molar-refractivity contribution in [2.45, 2.75) is 38.8 Å². The van der Waals surface area contributed by atoms with E-state index >= 15 is 0 Å². The van der Waals surface area contributed by atoms with Crippen LogP contribution in [0.1, 0.15) is 27.2 Å². The maximum atomic E-state index is 11.4. The van der Waals surface area contributed by atoms with Crippen LogP contribution in [-0.4, -0.2) is 67.1 Å². The van der Waals surface area contributed by atoms with E-state index in [0.29, 0.717) is 26.1 Å². The lowest BCUT2D eigenvalue weighted by Gasteiger charge is -2.33. The first-order valence-electron chi connectivity index (χ1n) is 6.58. The van der Waals surface area contributed by atoms with Crippen LogP contribution in [-0.2, 0) is 14.6 Å². The summed E-state index contributed by atoms with van der Waals surface area (Å²) in [6.45, 7) is 7.09. The molecule has 1 atom stereocenters. The number of hydrogen-bond donors (Lipinski definition) is 2.